The minimum Gasteiger partial charge on any atom is -0.496 e. The predicted molar refractivity (Wildman–Crippen MR) is 69.4 cm³/mol. The molecular weight excluding hydrogens is 210 g/mol. The van der Waals surface area contributed by atoms with Gasteiger partial charge in [0.2, 0.25) is 0 Å². The summed E-state index contributed by atoms with van der Waals surface area (Å²) in [6.45, 7) is 1.19. The normalized spacial score (nSPS) is 28.3. The smallest absolute Gasteiger partial charge is 0.122 e. The Morgan fingerprint density at radius 3 is 2.82 bits per heavy atom. The SMILES string of the molecule is COc1ccccc1CC1(C2CC2)CCCN1. The lowest BCUT2D eigenvalue weighted by Crippen LogP contribution is -2.44. The molecule has 2 heteroatoms. The molecule has 1 aromatic rings. The molecule has 0 bridgehead atoms. The van der Waals surface area contributed by atoms with Crippen LogP contribution < -0.4 is 10.1 Å². The minimum absolute atomic E-state index is 0.370. The van der Waals surface area contributed by atoms with E-state index in [1.165, 1.54) is 37.8 Å². The number of hydrogen-bond acceptors (Lipinski definition) is 2. The summed E-state index contributed by atoms with van der Waals surface area (Å²) >= 11 is 0. The summed E-state index contributed by atoms with van der Waals surface area (Å²) in [4.78, 5) is 0. The van der Waals surface area contributed by atoms with Crippen LogP contribution in [-0.4, -0.2) is 19.2 Å². The Hall–Kier alpha value is -1.02. The monoisotopic (exact) mass is 231 g/mol. The fourth-order valence-corrected chi connectivity index (χ4v) is 3.30. The van der Waals surface area contributed by atoms with Gasteiger partial charge in [0.25, 0.3) is 0 Å². The molecule has 2 fully saturated rings. The van der Waals surface area contributed by atoms with Crippen molar-refractivity contribution in [2.45, 2.75) is 37.6 Å². The Balaban J connectivity index is 1.84. The predicted octanol–water partition coefficient (Wildman–Crippen LogP) is 2.77. The van der Waals surface area contributed by atoms with Gasteiger partial charge in [-0.05, 0) is 56.2 Å². The van der Waals surface area contributed by atoms with Crippen LogP contribution in [0.3, 0.4) is 0 Å². The molecule has 1 aliphatic heterocycles. The van der Waals surface area contributed by atoms with E-state index in [4.69, 9.17) is 4.74 Å². The molecule has 92 valence electrons. The first-order chi connectivity index (χ1) is 8.34. The summed E-state index contributed by atoms with van der Waals surface area (Å²) in [7, 11) is 1.77. The van der Waals surface area contributed by atoms with Crippen LogP contribution in [-0.2, 0) is 6.42 Å². The largest absolute Gasteiger partial charge is 0.496 e. The van der Waals surface area contributed by atoms with E-state index in [9.17, 15) is 0 Å². The fraction of sp³-hybridized carbons (Fsp3) is 0.600. The zero-order chi connectivity index (χ0) is 11.7. The van der Waals surface area contributed by atoms with Gasteiger partial charge in [-0.15, -0.1) is 0 Å². The van der Waals surface area contributed by atoms with E-state index in [1.807, 2.05) is 6.07 Å². The number of rotatable bonds is 4. The van der Waals surface area contributed by atoms with Crippen LogP contribution in [0.2, 0.25) is 0 Å². The van der Waals surface area contributed by atoms with Crippen LogP contribution in [0, 0.1) is 5.92 Å². The van der Waals surface area contributed by atoms with Crippen LogP contribution in [0.1, 0.15) is 31.2 Å². The van der Waals surface area contributed by atoms with Gasteiger partial charge in [-0.2, -0.15) is 0 Å². The average molecular weight is 231 g/mol. The maximum atomic E-state index is 5.47. The second-order valence-electron chi connectivity index (χ2n) is 5.45. The number of benzene rings is 1. The molecule has 17 heavy (non-hydrogen) atoms. The van der Waals surface area contributed by atoms with Gasteiger partial charge in [0.05, 0.1) is 7.11 Å². The summed E-state index contributed by atoms with van der Waals surface area (Å²) in [5, 5.41) is 3.78. The van der Waals surface area contributed by atoms with Gasteiger partial charge in [0.1, 0.15) is 5.75 Å². The van der Waals surface area contributed by atoms with Crippen LogP contribution in [0.4, 0.5) is 0 Å². The lowest BCUT2D eigenvalue weighted by Gasteiger charge is -2.30. The third-order valence-corrected chi connectivity index (χ3v) is 4.33. The lowest BCUT2D eigenvalue weighted by atomic mass is 9.84. The topological polar surface area (TPSA) is 21.3 Å². The van der Waals surface area contributed by atoms with Crippen molar-refractivity contribution in [3.05, 3.63) is 29.8 Å². The summed E-state index contributed by atoms with van der Waals surface area (Å²) in [6, 6.07) is 8.45. The maximum absolute atomic E-state index is 5.47. The lowest BCUT2D eigenvalue weighted by molar-refractivity contribution is 0.316. The Morgan fingerprint density at radius 2 is 2.18 bits per heavy atom. The summed E-state index contributed by atoms with van der Waals surface area (Å²) in [6.07, 6.45) is 6.59. The molecule has 1 aromatic carbocycles. The van der Waals surface area contributed by atoms with Gasteiger partial charge >= 0.3 is 0 Å². The van der Waals surface area contributed by atoms with Crippen LogP contribution in [0.25, 0.3) is 0 Å². The Kier molecular flexibility index (Phi) is 2.83. The Bertz CT molecular complexity index is 392. The van der Waals surface area contributed by atoms with Crippen molar-refractivity contribution in [2.24, 2.45) is 5.92 Å². The molecule has 3 rings (SSSR count). The molecule has 1 unspecified atom stereocenters. The van der Waals surface area contributed by atoms with E-state index in [1.54, 1.807) is 7.11 Å². The van der Waals surface area contributed by atoms with E-state index >= 15 is 0 Å². The van der Waals surface area contributed by atoms with Crippen molar-refractivity contribution in [1.29, 1.82) is 0 Å². The Morgan fingerprint density at radius 1 is 1.35 bits per heavy atom. The highest BCUT2D eigenvalue weighted by molar-refractivity contribution is 5.35. The second kappa shape index (κ2) is 4.34. The second-order valence-corrected chi connectivity index (χ2v) is 5.45. The number of para-hydroxylation sites is 1. The van der Waals surface area contributed by atoms with E-state index in [2.05, 4.69) is 23.5 Å². The van der Waals surface area contributed by atoms with E-state index in [0.29, 0.717) is 5.54 Å². The Labute approximate surface area is 103 Å². The quantitative estimate of drug-likeness (QED) is 0.860. The summed E-state index contributed by atoms with van der Waals surface area (Å²) in [5.74, 6) is 1.94. The van der Waals surface area contributed by atoms with Gasteiger partial charge < -0.3 is 10.1 Å². The third kappa shape index (κ3) is 2.06. The highest BCUT2D eigenvalue weighted by Crippen LogP contribution is 2.46. The first-order valence-corrected chi connectivity index (χ1v) is 6.71. The molecule has 1 saturated carbocycles. The van der Waals surface area contributed by atoms with Crippen molar-refractivity contribution in [3.8, 4) is 5.75 Å². The molecule has 0 spiro atoms. The molecule has 0 amide bonds. The van der Waals surface area contributed by atoms with E-state index in [-0.39, 0.29) is 0 Å². The molecule has 1 N–H and O–H groups in total. The maximum Gasteiger partial charge on any atom is 0.122 e. The summed E-state index contributed by atoms with van der Waals surface area (Å²) in [5.41, 5.74) is 1.73. The fourth-order valence-electron chi connectivity index (χ4n) is 3.30. The van der Waals surface area contributed by atoms with Crippen LogP contribution in [0.5, 0.6) is 5.75 Å². The van der Waals surface area contributed by atoms with Gasteiger partial charge in [-0.1, -0.05) is 18.2 Å². The highest BCUT2D eigenvalue weighted by Gasteiger charge is 2.46. The van der Waals surface area contributed by atoms with Crippen molar-refractivity contribution < 1.29 is 4.74 Å². The molecule has 2 aliphatic rings. The van der Waals surface area contributed by atoms with Gasteiger partial charge in [0, 0.05) is 5.54 Å². The van der Waals surface area contributed by atoms with Gasteiger partial charge in [-0.3, -0.25) is 0 Å². The third-order valence-electron chi connectivity index (χ3n) is 4.33. The number of hydrogen-bond donors (Lipinski definition) is 1. The zero-order valence-electron chi connectivity index (χ0n) is 10.5. The molecule has 1 heterocycles. The highest BCUT2D eigenvalue weighted by atomic mass is 16.5. The number of methoxy groups -OCH3 is 1. The number of nitrogens with one attached hydrogen (secondary N) is 1. The number of ether oxygens (including phenoxy) is 1. The van der Waals surface area contributed by atoms with Crippen molar-refractivity contribution in [3.63, 3.8) is 0 Å². The average Bonchev–Trinajstić information content (AvgIpc) is 3.12. The molecule has 0 aromatic heterocycles. The molecular formula is C15H21NO. The molecule has 0 radical (unpaired) electrons. The summed E-state index contributed by atoms with van der Waals surface area (Å²) < 4.78 is 5.47. The first-order valence-electron chi connectivity index (χ1n) is 6.71. The zero-order valence-corrected chi connectivity index (χ0v) is 10.5. The van der Waals surface area contributed by atoms with Crippen LogP contribution >= 0.6 is 0 Å². The van der Waals surface area contributed by atoms with Crippen LogP contribution in [0.15, 0.2) is 24.3 Å². The molecule has 2 nitrogen and oxygen atoms in total. The van der Waals surface area contributed by atoms with Gasteiger partial charge in [0.15, 0.2) is 0 Å². The van der Waals surface area contributed by atoms with E-state index in [0.717, 1.165) is 18.1 Å². The standard InChI is InChI=1S/C15H21NO/c1-17-14-6-3-2-5-12(14)11-15(13-7-8-13)9-4-10-16-15/h2-3,5-6,13,16H,4,7-11H2,1H3. The van der Waals surface area contributed by atoms with E-state index < -0.39 is 0 Å². The van der Waals surface area contributed by atoms with Crippen molar-refractivity contribution in [2.75, 3.05) is 13.7 Å². The molecule has 1 atom stereocenters. The van der Waals surface area contributed by atoms with Crippen molar-refractivity contribution >= 4 is 0 Å². The van der Waals surface area contributed by atoms with Gasteiger partial charge in [-0.25, -0.2) is 0 Å². The first kappa shape index (κ1) is 11.1. The molecule has 1 saturated heterocycles. The van der Waals surface area contributed by atoms with Crippen molar-refractivity contribution in [1.82, 2.24) is 5.32 Å². The minimum atomic E-state index is 0.370. The molecule has 1 aliphatic carbocycles.